The number of rotatable bonds is 7. The molecule has 5 rings (SSSR count). The zero-order chi connectivity index (χ0) is 23.1. The highest BCUT2D eigenvalue weighted by molar-refractivity contribution is 7.89. The van der Waals surface area contributed by atoms with Crippen molar-refractivity contribution in [3.63, 3.8) is 0 Å². The Morgan fingerprint density at radius 2 is 1.59 bits per heavy atom. The molecule has 174 valence electrons. The smallest absolute Gasteiger partial charge is 0.326 e. The SMILES string of the molecule is C[C@H](OC(=O)CNC(=O)C12CC3CC(CC(C3)C1)C2)C(=O)Nc1ccc(S(N)(=O)=O)cc1. The van der Waals surface area contributed by atoms with Gasteiger partial charge >= 0.3 is 5.97 Å². The largest absolute Gasteiger partial charge is 0.451 e. The average Bonchev–Trinajstić information content (AvgIpc) is 2.70. The molecule has 0 aliphatic heterocycles. The van der Waals surface area contributed by atoms with Crippen molar-refractivity contribution >= 4 is 33.5 Å². The van der Waals surface area contributed by atoms with Gasteiger partial charge in [0.1, 0.15) is 6.54 Å². The Balaban J connectivity index is 1.25. The first-order valence-corrected chi connectivity index (χ1v) is 12.5. The van der Waals surface area contributed by atoms with Crippen molar-refractivity contribution in [1.82, 2.24) is 5.32 Å². The molecule has 0 spiro atoms. The van der Waals surface area contributed by atoms with Crippen molar-refractivity contribution < 1.29 is 27.5 Å². The minimum Gasteiger partial charge on any atom is -0.451 e. The van der Waals surface area contributed by atoms with E-state index >= 15 is 0 Å². The van der Waals surface area contributed by atoms with Crippen molar-refractivity contribution in [2.24, 2.45) is 28.3 Å². The van der Waals surface area contributed by atoms with Crippen LogP contribution in [0.4, 0.5) is 5.69 Å². The summed E-state index contributed by atoms with van der Waals surface area (Å²) in [6.45, 7) is 1.15. The van der Waals surface area contributed by atoms with Crippen molar-refractivity contribution in [1.29, 1.82) is 0 Å². The second-order valence-electron chi connectivity index (χ2n) is 9.57. The maximum absolute atomic E-state index is 12.9. The summed E-state index contributed by atoms with van der Waals surface area (Å²) < 4.78 is 27.7. The molecule has 9 nitrogen and oxygen atoms in total. The monoisotopic (exact) mass is 463 g/mol. The number of benzene rings is 1. The fourth-order valence-corrected chi connectivity index (χ4v) is 6.51. The number of hydrogen-bond donors (Lipinski definition) is 3. The molecule has 4 fully saturated rings. The number of sulfonamides is 1. The van der Waals surface area contributed by atoms with Crippen LogP contribution in [0.1, 0.15) is 45.4 Å². The number of nitrogens with one attached hydrogen (secondary N) is 2. The summed E-state index contributed by atoms with van der Waals surface area (Å²) in [6.07, 6.45) is 5.32. The normalized spacial score (nSPS) is 29.2. The minimum absolute atomic E-state index is 0.0689. The van der Waals surface area contributed by atoms with Gasteiger partial charge in [0.15, 0.2) is 6.10 Å². The summed E-state index contributed by atoms with van der Waals surface area (Å²) in [5.41, 5.74) is -0.0123. The Morgan fingerprint density at radius 3 is 2.09 bits per heavy atom. The lowest BCUT2D eigenvalue weighted by Crippen LogP contribution is -2.54. The zero-order valence-electron chi connectivity index (χ0n) is 18.0. The number of hydrogen-bond acceptors (Lipinski definition) is 6. The molecular weight excluding hydrogens is 434 g/mol. The first-order chi connectivity index (χ1) is 15.0. The number of carbonyl (C=O) groups is 3. The van der Waals surface area contributed by atoms with Crippen LogP contribution in [0.3, 0.4) is 0 Å². The van der Waals surface area contributed by atoms with Gasteiger partial charge in [-0.2, -0.15) is 0 Å². The van der Waals surface area contributed by atoms with Gasteiger partial charge in [0.2, 0.25) is 15.9 Å². The minimum atomic E-state index is -3.83. The summed E-state index contributed by atoms with van der Waals surface area (Å²) in [5.74, 6) is 0.551. The van der Waals surface area contributed by atoms with Crippen LogP contribution in [-0.4, -0.2) is 38.9 Å². The summed E-state index contributed by atoms with van der Waals surface area (Å²) in [6, 6.07) is 5.30. The van der Waals surface area contributed by atoms with Gasteiger partial charge < -0.3 is 15.4 Å². The van der Waals surface area contributed by atoms with Gasteiger partial charge in [-0.15, -0.1) is 0 Å². The zero-order valence-corrected chi connectivity index (χ0v) is 18.8. The molecule has 4 saturated carbocycles. The van der Waals surface area contributed by atoms with Gasteiger partial charge in [-0.3, -0.25) is 14.4 Å². The van der Waals surface area contributed by atoms with Gasteiger partial charge in [-0.1, -0.05) is 0 Å². The molecule has 1 aromatic rings. The molecular formula is C22H29N3O6S. The summed E-state index contributed by atoms with van der Waals surface area (Å²) >= 11 is 0. The van der Waals surface area contributed by atoms with E-state index in [1.54, 1.807) is 0 Å². The lowest BCUT2D eigenvalue weighted by Gasteiger charge is -2.55. The maximum atomic E-state index is 12.9. The molecule has 0 heterocycles. The fraction of sp³-hybridized carbons (Fsp3) is 0.591. The predicted molar refractivity (Wildman–Crippen MR) is 116 cm³/mol. The van der Waals surface area contributed by atoms with Crippen LogP contribution in [-0.2, 0) is 29.1 Å². The molecule has 1 atom stereocenters. The number of esters is 1. The Kier molecular flexibility index (Phi) is 6.02. The summed E-state index contributed by atoms with van der Waals surface area (Å²) in [5, 5.41) is 10.3. The average molecular weight is 464 g/mol. The Morgan fingerprint density at radius 1 is 1.06 bits per heavy atom. The first-order valence-electron chi connectivity index (χ1n) is 11.0. The van der Waals surface area contributed by atoms with Crippen molar-refractivity contribution in [2.75, 3.05) is 11.9 Å². The van der Waals surface area contributed by atoms with Crippen LogP contribution in [0, 0.1) is 23.2 Å². The molecule has 4 aliphatic rings. The number of anilines is 1. The molecule has 10 heteroatoms. The van der Waals surface area contributed by atoms with E-state index in [-0.39, 0.29) is 22.8 Å². The van der Waals surface area contributed by atoms with E-state index in [0.717, 1.165) is 19.3 Å². The maximum Gasteiger partial charge on any atom is 0.326 e. The highest BCUT2D eigenvalue weighted by Gasteiger charge is 2.54. The van der Waals surface area contributed by atoms with Crippen LogP contribution >= 0.6 is 0 Å². The molecule has 1 aromatic carbocycles. The molecule has 0 unspecified atom stereocenters. The molecule has 0 aromatic heterocycles. The van der Waals surface area contributed by atoms with E-state index in [0.29, 0.717) is 23.4 Å². The van der Waals surface area contributed by atoms with E-state index in [2.05, 4.69) is 10.6 Å². The van der Waals surface area contributed by atoms with Crippen LogP contribution < -0.4 is 15.8 Å². The van der Waals surface area contributed by atoms with Crippen LogP contribution in [0.2, 0.25) is 0 Å². The van der Waals surface area contributed by atoms with Gasteiger partial charge in [0.05, 0.1) is 4.90 Å². The fourth-order valence-electron chi connectivity index (χ4n) is 5.99. The van der Waals surface area contributed by atoms with Crippen molar-refractivity contribution in [3.8, 4) is 0 Å². The van der Waals surface area contributed by atoms with E-state index in [4.69, 9.17) is 9.88 Å². The predicted octanol–water partition coefficient (Wildman–Crippen LogP) is 1.54. The third-order valence-electron chi connectivity index (χ3n) is 7.04. The number of nitrogens with two attached hydrogens (primary N) is 1. The molecule has 32 heavy (non-hydrogen) atoms. The quantitative estimate of drug-likeness (QED) is 0.523. The van der Waals surface area contributed by atoms with E-state index < -0.39 is 28.0 Å². The Bertz CT molecular complexity index is 985. The number of carbonyl (C=O) groups excluding carboxylic acids is 3. The molecule has 4 aliphatic carbocycles. The number of ether oxygens (including phenoxy) is 1. The summed E-state index contributed by atoms with van der Waals surface area (Å²) in [4.78, 5) is 37.3. The lowest BCUT2D eigenvalue weighted by atomic mass is 9.49. The highest BCUT2D eigenvalue weighted by atomic mass is 32.2. The van der Waals surface area contributed by atoms with Gasteiger partial charge in [0, 0.05) is 11.1 Å². The Hall–Kier alpha value is -2.46. The van der Waals surface area contributed by atoms with Gasteiger partial charge in [-0.05, 0) is 87.5 Å². The first kappa shape index (κ1) is 22.7. The number of primary sulfonamides is 1. The van der Waals surface area contributed by atoms with Crippen LogP contribution in [0.5, 0.6) is 0 Å². The number of amides is 2. The van der Waals surface area contributed by atoms with Crippen molar-refractivity contribution in [2.45, 2.75) is 56.4 Å². The van der Waals surface area contributed by atoms with E-state index in [1.807, 2.05) is 0 Å². The van der Waals surface area contributed by atoms with Gasteiger partial charge in [-0.25, -0.2) is 13.6 Å². The standard InChI is InChI=1S/C22H29N3O6S/c1-13(20(27)25-17-2-4-18(5-3-17)32(23,29)30)31-19(26)12-24-21(28)22-9-14-6-15(10-22)8-16(7-14)11-22/h2-5,13-16H,6-12H2,1H3,(H,24,28)(H,25,27)(H2,23,29,30)/t13-,14?,15?,16?,22?/m0/s1. The highest BCUT2D eigenvalue weighted by Crippen LogP contribution is 2.60. The molecule has 2 amide bonds. The van der Waals surface area contributed by atoms with Crippen molar-refractivity contribution in [3.05, 3.63) is 24.3 Å². The van der Waals surface area contributed by atoms with E-state index in [1.165, 1.54) is 50.5 Å². The third-order valence-corrected chi connectivity index (χ3v) is 7.97. The Labute approximate surface area is 187 Å². The second-order valence-corrected chi connectivity index (χ2v) is 11.1. The molecule has 4 bridgehead atoms. The molecule has 0 saturated heterocycles. The van der Waals surface area contributed by atoms with Crippen LogP contribution in [0.15, 0.2) is 29.2 Å². The lowest BCUT2D eigenvalue weighted by molar-refractivity contribution is -0.155. The second kappa shape index (κ2) is 8.47. The third kappa shape index (κ3) is 4.80. The van der Waals surface area contributed by atoms with Gasteiger partial charge in [0.25, 0.3) is 5.91 Å². The summed E-state index contributed by atoms with van der Waals surface area (Å²) in [7, 11) is -3.83. The molecule has 4 N–H and O–H groups in total. The topological polar surface area (TPSA) is 145 Å². The van der Waals surface area contributed by atoms with Crippen LogP contribution in [0.25, 0.3) is 0 Å². The van der Waals surface area contributed by atoms with E-state index in [9.17, 15) is 22.8 Å². The molecule has 0 radical (unpaired) electrons.